The van der Waals surface area contributed by atoms with Crippen molar-refractivity contribution in [3.8, 4) is 0 Å². The quantitative estimate of drug-likeness (QED) is 0.818. The van der Waals surface area contributed by atoms with Gasteiger partial charge in [-0.15, -0.1) is 11.3 Å². The number of aryl methyl sites for hydroxylation is 1. The summed E-state index contributed by atoms with van der Waals surface area (Å²) in [7, 11) is 0. The lowest BCUT2D eigenvalue weighted by Gasteiger charge is -2.28. The molecule has 1 aliphatic heterocycles. The van der Waals surface area contributed by atoms with Gasteiger partial charge in [0.25, 0.3) is 0 Å². The lowest BCUT2D eigenvalue weighted by atomic mass is 10.2. The van der Waals surface area contributed by atoms with E-state index in [4.69, 9.17) is 0 Å². The van der Waals surface area contributed by atoms with Crippen LogP contribution in [-0.4, -0.2) is 32.0 Å². The topological polar surface area (TPSA) is 32.3 Å². The first-order valence-corrected chi connectivity index (χ1v) is 6.63. The van der Waals surface area contributed by atoms with Crippen LogP contribution in [0.1, 0.15) is 28.6 Å². The van der Waals surface area contributed by atoms with Gasteiger partial charge in [0.05, 0.1) is 9.88 Å². The van der Waals surface area contributed by atoms with E-state index in [0.717, 1.165) is 31.1 Å². The number of piperazine rings is 1. The van der Waals surface area contributed by atoms with Gasteiger partial charge in [-0.25, -0.2) is 0 Å². The summed E-state index contributed by atoms with van der Waals surface area (Å²) < 4.78 is 0. The molecule has 4 heteroatoms. The average molecular weight is 238 g/mol. The molecule has 0 aliphatic carbocycles. The fourth-order valence-corrected chi connectivity index (χ4v) is 3.20. The van der Waals surface area contributed by atoms with Gasteiger partial charge in [0, 0.05) is 32.6 Å². The molecule has 0 amide bonds. The molecule has 2 rings (SSSR count). The number of ketones is 1. The van der Waals surface area contributed by atoms with E-state index in [-0.39, 0.29) is 5.78 Å². The minimum Gasteiger partial charge on any atom is -0.361 e. The summed E-state index contributed by atoms with van der Waals surface area (Å²) in [5, 5.41) is 4.62. The van der Waals surface area contributed by atoms with Crippen molar-refractivity contribution >= 4 is 22.1 Å². The van der Waals surface area contributed by atoms with Crippen LogP contribution in [0.25, 0.3) is 0 Å². The second-order valence-corrected chi connectivity index (χ2v) is 5.14. The molecule has 1 N–H and O–H groups in total. The summed E-state index contributed by atoms with van der Waals surface area (Å²) >= 11 is 1.65. The first-order chi connectivity index (χ1) is 7.72. The van der Waals surface area contributed by atoms with Gasteiger partial charge in [0.15, 0.2) is 5.78 Å². The van der Waals surface area contributed by atoms with E-state index < -0.39 is 0 Å². The van der Waals surface area contributed by atoms with Gasteiger partial charge in [-0.05, 0) is 18.6 Å². The maximum Gasteiger partial charge on any atom is 0.172 e. The van der Waals surface area contributed by atoms with Crippen molar-refractivity contribution in [2.24, 2.45) is 0 Å². The molecule has 16 heavy (non-hydrogen) atoms. The minimum absolute atomic E-state index is 0.259. The molecule has 0 spiro atoms. The molecule has 0 unspecified atom stereocenters. The van der Waals surface area contributed by atoms with Gasteiger partial charge in [-0.1, -0.05) is 6.92 Å². The maximum absolute atomic E-state index is 11.6. The Morgan fingerprint density at radius 3 is 2.81 bits per heavy atom. The molecule has 1 saturated heterocycles. The molecule has 1 aromatic rings. The second-order valence-electron chi connectivity index (χ2n) is 4.11. The van der Waals surface area contributed by atoms with E-state index in [0.29, 0.717) is 6.42 Å². The van der Waals surface area contributed by atoms with Crippen molar-refractivity contribution in [2.45, 2.75) is 20.3 Å². The van der Waals surface area contributed by atoms with E-state index in [1.54, 1.807) is 11.3 Å². The van der Waals surface area contributed by atoms with E-state index in [2.05, 4.69) is 17.1 Å². The number of hydrogen-bond donors (Lipinski definition) is 1. The highest BCUT2D eigenvalue weighted by molar-refractivity contribution is 7.18. The number of carbonyl (C=O) groups excluding carboxylic acids is 1. The minimum atomic E-state index is 0.259. The van der Waals surface area contributed by atoms with Crippen molar-refractivity contribution in [3.05, 3.63) is 16.5 Å². The molecule has 3 nitrogen and oxygen atoms in total. The molecule has 0 bridgehead atoms. The Kier molecular flexibility index (Phi) is 3.61. The molecule has 1 aromatic heterocycles. The van der Waals surface area contributed by atoms with Gasteiger partial charge in [0.2, 0.25) is 0 Å². The van der Waals surface area contributed by atoms with Gasteiger partial charge in [-0.2, -0.15) is 0 Å². The standard InChI is InChI=1S/C12H18N2OS/c1-3-10(15)11-8-9(2)12(16-11)14-6-4-13-5-7-14/h8,13H,3-7H2,1-2H3. The highest BCUT2D eigenvalue weighted by Gasteiger charge is 2.17. The normalized spacial score (nSPS) is 16.5. The number of nitrogens with zero attached hydrogens (tertiary/aromatic N) is 1. The van der Waals surface area contributed by atoms with Crippen LogP contribution in [0.4, 0.5) is 5.00 Å². The molecule has 0 aromatic carbocycles. The SMILES string of the molecule is CCC(=O)c1cc(C)c(N2CCNCC2)s1. The third-order valence-corrected chi connectivity index (χ3v) is 4.23. The fourth-order valence-electron chi connectivity index (χ4n) is 1.97. The molecule has 0 atom stereocenters. The maximum atomic E-state index is 11.6. The van der Waals surface area contributed by atoms with E-state index in [1.165, 1.54) is 10.6 Å². The van der Waals surface area contributed by atoms with Crippen LogP contribution in [0.15, 0.2) is 6.07 Å². The largest absolute Gasteiger partial charge is 0.361 e. The van der Waals surface area contributed by atoms with Crippen LogP contribution < -0.4 is 10.2 Å². The average Bonchev–Trinajstić information content (AvgIpc) is 2.71. The summed E-state index contributed by atoms with van der Waals surface area (Å²) in [6.07, 6.45) is 0.598. The Balaban J connectivity index is 2.20. The predicted molar refractivity (Wildman–Crippen MR) is 68.8 cm³/mol. The summed E-state index contributed by atoms with van der Waals surface area (Å²) in [6, 6.07) is 2.04. The zero-order valence-corrected chi connectivity index (χ0v) is 10.7. The summed E-state index contributed by atoms with van der Waals surface area (Å²) in [5.41, 5.74) is 1.24. The van der Waals surface area contributed by atoms with Crippen LogP contribution in [0.2, 0.25) is 0 Å². The van der Waals surface area contributed by atoms with Crippen molar-refractivity contribution in [2.75, 3.05) is 31.1 Å². The van der Waals surface area contributed by atoms with Crippen LogP contribution in [-0.2, 0) is 0 Å². The van der Waals surface area contributed by atoms with E-state index in [1.807, 2.05) is 13.0 Å². The van der Waals surface area contributed by atoms with Crippen LogP contribution in [0.5, 0.6) is 0 Å². The Labute approximate surface area is 100 Å². The smallest absolute Gasteiger partial charge is 0.172 e. The van der Waals surface area contributed by atoms with E-state index in [9.17, 15) is 4.79 Å². The first kappa shape index (κ1) is 11.6. The fraction of sp³-hybridized carbons (Fsp3) is 0.583. The number of anilines is 1. The number of nitrogens with one attached hydrogen (secondary N) is 1. The monoisotopic (exact) mass is 238 g/mol. The highest BCUT2D eigenvalue weighted by atomic mass is 32.1. The summed E-state index contributed by atoms with van der Waals surface area (Å²) in [6.45, 7) is 8.17. The third kappa shape index (κ3) is 2.28. The van der Waals surface area contributed by atoms with Gasteiger partial charge in [0.1, 0.15) is 0 Å². The third-order valence-electron chi connectivity index (χ3n) is 2.89. The molecule has 1 aliphatic rings. The molecule has 2 heterocycles. The number of rotatable bonds is 3. The number of hydrogen-bond acceptors (Lipinski definition) is 4. The first-order valence-electron chi connectivity index (χ1n) is 5.81. The van der Waals surface area contributed by atoms with Crippen LogP contribution in [0.3, 0.4) is 0 Å². The molecular formula is C12H18N2OS. The Hall–Kier alpha value is -0.870. The van der Waals surface area contributed by atoms with Crippen molar-refractivity contribution in [1.82, 2.24) is 5.32 Å². The molecular weight excluding hydrogens is 220 g/mol. The zero-order chi connectivity index (χ0) is 11.5. The van der Waals surface area contributed by atoms with Gasteiger partial charge in [-0.3, -0.25) is 4.79 Å². The predicted octanol–water partition coefficient (Wildman–Crippen LogP) is 2.06. The summed E-state index contributed by atoms with van der Waals surface area (Å²) in [5.74, 6) is 0.259. The molecule has 0 radical (unpaired) electrons. The van der Waals surface area contributed by atoms with Gasteiger partial charge < -0.3 is 10.2 Å². The van der Waals surface area contributed by atoms with E-state index >= 15 is 0 Å². The Bertz CT molecular complexity index is 380. The Morgan fingerprint density at radius 1 is 1.50 bits per heavy atom. The highest BCUT2D eigenvalue weighted by Crippen LogP contribution is 2.31. The lowest BCUT2D eigenvalue weighted by molar-refractivity contribution is 0.0992. The molecule has 88 valence electrons. The number of carbonyl (C=O) groups is 1. The van der Waals surface area contributed by atoms with Crippen LogP contribution in [0, 0.1) is 6.92 Å². The van der Waals surface area contributed by atoms with Crippen LogP contribution >= 0.6 is 11.3 Å². The summed E-state index contributed by atoms with van der Waals surface area (Å²) in [4.78, 5) is 14.9. The van der Waals surface area contributed by atoms with Gasteiger partial charge >= 0.3 is 0 Å². The van der Waals surface area contributed by atoms with Crippen molar-refractivity contribution in [1.29, 1.82) is 0 Å². The van der Waals surface area contributed by atoms with Crippen molar-refractivity contribution in [3.63, 3.8) is 0 Å². The van der Waals surface area contributed by atoms with Crippen molar-refractivity contribution < 1.29 is 4.79 Å². The molecule has 1 fully saturated rings. The zero-order valence-electron chi connectivity index (χ0n) is 9.88. The molecule has 0 saturated carbocycles. The number of Topliss-reactive ketones (excluding diaryl/α,β-unsaturated/α-hetero) is 1. The number of thiophene rings is 1. The Morgan fingerprint density at radius 2 is 2.19 bits per heavy atom. The second kappa shape index (κ2) is 4.97. The lowest BCUT2D eigenvalue weighted by Crippen LogP contribution is -2.43.